The zero-order chi connectivity index (χ0) is 17.9. The van der Waals surface area contributed by atoms with Gasteiger partial charge < -0.3 is 9.84 Å². The minimum Gasteiger partial charge on any atom is -0.508 e. The van der Waals surface area contributed by atoms with Crippen molar-refractivity contribution in [2.24, 2.45) is 0 Å². The largest absolute Gasteiger partial charge is 0.508 e. The lowest BCUT2D eigenvalue weighted by atomic mass is 10.0. The molecule has 0 aromatic heterocycles. The molecule has 0 aliphatic carbocycles. The van der Waals surface area contributed by atoms with Crippen LogP contribution >= 0.6 is 0 Å². The molecule has 5 heteroatoms. The van der Waals surface area contributed by atoms with Gasteiger partial charge in [-0.05, 0) is 47.0 Å². The first-order valence-electron chi connectivity index (χ1n) is 7.60. The van der Waals surface area contributed by atoms with E-state index >= 15 is 0 Å². The van der Waals surface area contributed by atoms with Crippen molar-refractivity contribution in [3.8, 4) is 22.6 Å². The smallest absolute Gasteiger partial charge is 0.416 e. The van der Waals surface area contributed by atoms with E-state index < -0.39 is 17.5 Å². The summed E-state index contributed by atoms with van der Waals surface area (Å²) in [6.07, 6.45) is -4.51. The molecular formula is C20H15F3O2. The van der Waals surface area contributed by atoms with Crippen LogP contribution in [0, 0.1) is 0 Å². The Balaban J connectivity index is 1.77. The summed E-state index contributed by atoms with van der Waals surface area (Å²) in [4.78, 5) is 0. The van der Waals surface area contributed by atoms with Crippen LogP contribution in [-0.4, -0.2) is 5.11 Å². The van der Waals surface area contributed by atoms with Crippen LogP contribution in [-0.2, 0) is 12.8 Å². The summed E-state index contributed by atoms with van der Waals surface area (Å²) >= 11 is 0. The fourth-order valence-electron chi connectivity index (χ4n) is 2.43. The van der Waals surface area contributed by atoms with Crippen LogP contribution in [0.4, 0.5) is 13.2 Å². The third-order valence-corrected chi connectivity index (χ3v) is 3.68. The molecule has 0 heterocycles. The fraction of sp³-hybridized carbons (Fsp3) is 0.100. The van der Waals surface area contributed by atoms with Crippen LogP contribution in [0.25, 0.3) is 11.1 Å². The van der Waals surface area contributed by atoms with Gasteiger partial charge in [-0.3, -0.25) is 0 Å². The first kappa shape index (κ1) is 16.9. The van der Waals surface area contributed by atoms with E-state index in [2.05, 4.69) is 0 Å². The summed E-state index contributed by atoms with van der Waals surface area (Å²) in [7, 11) is 0. The Kier molecular flexibility index (Phi) is 4.65. The van der Waals surface area contributed by atoms with Gasteiger partial charge in [0.1, 0.15) is 18.1 Å². The molecule has 0 aliphatic rings. The number of halogens is 3. The van der Waals surface area contributed by atoms with Gasteiger partial charge in [-0.1, -0.05) is 42.5 Å². The molecule has 0 unspecified atom stereocenters. The predicted molar refractivity (Wildman–Crippen MR) is 89.3 cm³/mol. The van der Waals surface area contributed by atoms with Crippen molar-refractivity contribution in [3.05, 3.63) is 83.9 Å². The molecule has 0 saturated heterocycles. The average Bonchev–Trinajstić information content (AvgIpc) is 2.60. The number of hydrogen-bond acceptors (Lipinski definition) is 2. The summed E-state index contributed by atoms with van der Waals surface area (Å²) in [5.41, 5.74) is 0.997. The van der Waals surface area contributed by atoms with E-state index in [9.17, 15) is 18.3 Å². The van der Waals surface area contributed by atoms with E-state index in [1.54, 1.807) is 24.3 Å². The molecule has 3 rings (SSSR count). The first-order valence-corrected chi connectivity index (χ1v) is 7.60. The predicted octanol–water partition coefficient (Wildman–Crippen LogP) is 5.66. The van der Waals surface area contributed by atoms with Gasteiger partial charge >= 0.3 is 6.18 Å². The minimum absolute atomic E-state index is 0.293. The van der Waals surface area contributed by atoms with Gasteiger partial charge in [-0.15, -0.1) is 0 Å². The molecule has 0 aliphatic heterocycles. The van der Waals surface area contributed by atoms with Crippen LogP contribution in [0.1, 0.15) is 11.1 Å². The second-order valence-corrected chi connectivity index (χ2v) is 5.56. The van der Waals surface area contributed by atoms with Crippen LogP contribution < -0.4 is 4.74 Å². The maximum atomic E-state index is 12.9. The summed E-state index contributed by atoms with van der Waals surface area (Å²) in [6, 6.07) is 19.4. The lowest BCUT2D eigenvalue weighted by Crippen LogP contribution is -2.04. The summed E-state index contributed by atoms with van der Waals surface area (Å²) in [5, 5.41) is 9.56. The third kappa shape index (κ3) is 4.32. The van der Waals surface area contributed by atoms with Gasteiger partial charge in [-0.25, -0.2) is 0 Å². The van der Waals surface area contributed by atoms with Crippen molar-refractivity contribution in [1.82, 2.24) is 0 Å². The second kappa shape index (κ2) is 6.89. The van der Waals surface area contributed by atoms with E-state index in [0.29, 0.717) is 29.5 Å². The van der Waals surface area contributed by atoms with E-state index in [0.717, 1.165) is 11.6 Å². The number of phenols is 1. The quantitative estimate of drug-likeness (QED) is 0.662. The van der Waals surface area contributed by atoms with Crippen LogP contribution in [0.5, 0.6) is 11.5 Å². The lowest BCUT2D eigenvalue weighted by Gasteiger charge is -2.11. The van der Waals surface area contributed by atoms with Gasteiger partial charge in [-0.2, -0.15) is 13.2 Å². The van der Waals surface area contributed by atoms with Crippen molar-refractivity contribution in [1.29, 1.82) is 0 Å². The lowest BCUT2D eigenvalue weighted by molar-refractivity contribution is -0.137. The average molecular weight is 344 g/mol. The normalized spacial score (nSPS) is 11.3. The van der Waals surface area contributed by atoms with Gasteiger partial charge in [0.25, 0.3) is 0 Å². The number of rotatable bonds is 4. The maximum Gasteiger partial charge on any atom is 0.416 e. The zero-order valence-corrected chi connectivity index (χ0v) is 13.1. The Bertz CT molecular complexity index is 841. The Labute approximate surface area is 143 Å². The Hall–Kier alpha value is -2.95. The van der Waals surface area contributed by atoms with Gasteiger partial charge in [0.2, 0.25) is 0 Å². The molecule has 0 atom stereocenters. The van der Waals surface area contributed by atoms with Crippen molar-refractivity contribution < 1.29 is 23.0 Å². The third-order valence-electron chi connectivity index (χ3n) is 3.68. The number of ether oxygens (including phenoxy) is 1. The molecule has 0 bridgehead atoms. The molecular weight excluding hydrogens is 329 g/mol. The molecule has 25 heavy (non-hydrogen) atoms. The molecule has 3 aromatic carbocycles. The molecule has 3 aromatic rings. The molecule has 128 valence electrons. The fourth-order valence-corrected chi connectivity index (χ4v) is 2.43. The highest BCUT2D eigenvalue weighted by Gasteiger charge is 2.31. The number of phenolic OH excluding ortho intramolecular Hbond substituents is 1. The number of alkyl halides is 3. The first-order chi connectivity index (χ1) is 11.9. The second-order valence-electron chi connectivity index (χ2n) is 5.56. The van der Waals surface area contributed by atoms with Crippen LogP contribution in [0.15, 0.2) is 72.8 Å². The highest BCUT2D eigenvalue weighted by atomic mass is 19.4. The Morgan fingerprint density at radius 2 is 1.48 bits per heavy atom. The summed E-state index contributed by atoms with van der Waals surface area (Å²) in [5.74, 6) is 0.193. The molecule has 1 N–H and O–H groups in total. The van der Waals surface area contributed by atoms with Crippen molar-refractivity contribution in [2.75, 3.05) is 0 Å². The summed E-state index contributed by atoms with van der Waals surface area (Å²) < 4.78 is 44.2. The van der Waals surface area contributed by atoms with Crippen molar-refractivity contribution in [3.63, 3.8) is 0 Å². The van der Waals surface area contributed by atoms with Gasteiger partial charge in [0.15, 0.2) is 0 Å². The standard InChI is InChI=1S/C20H15F3O2/c21-20(22,23)17-10-16(11-18(24)12-17)15-6-8-19(9-7-15)25-13-14-4-2-1-3-5-14/h1-12,24H,13H2. The molecule has 0 fully saturated rings. The van der Waals surface area contributed by atoms with Gasteiger partial charge in [0, 0.05) is 0 Å². The zero-order valence-electron chi connectivity index (χ0n) is 13.1. The van der Waals surface area contributed by atoms with Crippen LogP contribution in [0.2, 0.25) is 0 Å². The Morgan fingerprint density at radius 1 is 0.800 bits per heavy atom. The van der Waals surface area contributed by atoms with Gasteiger partial charge in [0.05, 0.1) is 5.56 Å². The van der Waals surface area contributed by atoms with Crippen molar-refractivity contribution in [2.45, 2.75) is 12.8 Å². The SMILES string of the molecule is Oc1cc(-c2ccc(OCc3ccccc3)cc2)cc(C(F)(F)F)c1. The molecule has 0 radical (unpaired) electrons. The number of aromatic hydroxyl groups is 1. The topological polar surface area (TPSA) is 29.5 Å². The van der Waals surface area contributed by atoms with Crippen LogP contribution in [0.3, 0.4) is 0 Å². The minimum atomic E-state index is -4.51. The summed E-state index contributed by atoms with van der Waals surface area (Å²) in [6.45, 7) is 0.407. The molecule has 0 amide bonds. The molecule has 2 nitrogen and oxygen atoms in total. The van der Waals surface area contributed by atoms with E-state index in [4.69, 9.17) is 4.74 Å². The number of benzene rings is 3. The van der Waals surface area contributed by atoms with E-state index in [1.807, 2.05) is 30.3 Å². The number of hydrogen-bond donors (Lipinski definition) is 1. The highest BCUT2D eigenvalue weighted by molar-refractivity contribution is 5.67. The molecule has 0 saturated carbocycles. The van der Waals surface area contributed by atoms with E-state index in [-0.39, 0.29) is 0 Å². The molecule has 0 spiro atoms. The van der Waals surface area contributed by atoms with Crippen molar-refractivity contribution >= 4 is 0 Å². The highest BCUT2D eigenvalue weighted by Crippen LogP contribution is 2.35. The Morgan fingerprint density at radius 3 is 2.12 bits per heavy atom. The monoisotopic (exact) mass is 344 g/mol. The maximum absolute atomic E-state index is 12.9. The van der Waals surface area contributed by atoms with E-state index in [1.165, 1.54) is 6.07 Å².